The van der Waals surface area contributed by atoms with E-state index in [2.05, 4.69) is 34.6 Å². The van der Waals surface area contributed by atoms with Crippen molar-refractivity contribution in [3.8, 4) is 0 Å². The number of carbonyl (C=O) groups excluding carboxylic acids is 1. The summed E-state index contributed by atoms with van der Waals surface area (Å²) in [6.45, 7) is 2.47. The largest absolute Gasteiger partial charge is 0.449 e. The van der Waals surface area contributed by atoms with Gasteiger partial charge in [0, 0.05) is 24.2 Å². The molecule has 4 nitrogen and oxygen atoms in total. The molecule has 0 atom stereocenters. The SMILES string of the molecule is Cc1ccc2oc(C(=O)NCCC(c3ccccc3)c3ccccc3)cc2n1. The molecule has 28 heavy (non-hydrogen) atoms. The zero-order valence-electron chi connectivity index (χ0n) is 15.8. The van der Waals surface area contributed by atoms with Crippen molar-refractivity contribution in [2.75, 3.05) is 6.54 Å². The Hall–Kier alpha value is -3.40. The van der Waals surface area contributed by atoms with Crippen LogP contribution in [0.3, 0.4) is 0 Å². The van der Waals surface area contributed by atoms with E-state index in [0.29, 0.717) is 23.4 Å². The fraction of sp³-hybridized carbons (Fsp3) is 0.167. The van der Waals surface area contributed by atoms with Gasteiger partial charge in [0.05, 0.1) is 0 Å². The molecule has 0 fully saturated rings. The number of fused-ring (bicyclic) bond motifs is 1. The van der Waals surface area contributed by atoms with Gasteiger partial charge in [-0.15, -0.1) is 0 Å². The Morgan fingerprint density at radius 3 is 2.25 bits per heavy atom. The minimum atomic E-state index is -0.212. The standard InChI is InChI=1S/C24H22N2O2/c1-17-12-13-22-21(26-17)16-23(28-22)24(27)25-15-14-20(18-8-4-2-5-9-18)19-10-6-3-7-11-19/h2-13,16,20H,14-15H2,1H3,(H,25,27). The van der Waals surface area contributed by atoms with E-state index in [4.69, 9.17) is 4.42 Å². The minimum absolute atomic E-state index is 0.212. The monoisotopic (exact) mass is 370 g/mol. The normalized spacial score (nSPS) is 11.1. The van der Waals surface area contributed by atoms with E-state index in [1.807, 2.05) is 55.5 Å². The number of furan rings is 1. The first kappa shape index (κ1) is 18.0. The second kappa shape index (κ2) is 8.09. The number of pyridine rings is 1. The Morgan fingerprint density at radius 2 is 1.61 bits per heavy atom. The van der Waals surface area contributed by atoms with Crippen LogP contribution in [-0.2, 0) is 0 Å². The molecule has 4 heteroatoms. The van der Waals surface area contributed by atoms with E-state index in [0.717, 1.165) is 12.1 Å². The van der Waals surface area contributed by atoms with Crippen LogP contribution in [-0.4, -0.2) is 17.4 Å². The van der Waals surface area contributed by atoms with Crippen LogP contribution in [0.2, 0.25) is 0 Å². The number of aryl methyl sites for hydroxylation is 1. The van der Waals surface area contributed by atoms with Crippen LogP contribution in [0.4, 0.5) is 0 Å². The lowest BCUT2D eigenvalue weighted by Gasteiger charge is -2.18. The molecule has 0 saturated carbocycles. The van der Waals surface area contributed by atoms with Crippen molar-refractivity contribution in [2.45, 2.75) is 19.3 Å². The predicted molar refractivity (Wildman–Crippen MR) is 110 cm³/mol. The predicted octanol–water partition coefficient (Wildman–Crippen LogP) is 5.09. The first-order valence-electron chi connectivity index (χ1n) is 9.46. The molecule has 1 N–H and O–H groups in total. The van der Waals surface area contributed by atoms with Crippen LogP contribution in [0.25, 0.3) is 11.1 Å². The Labute approximate surface area is 164 Å². The number of hydrogen-bond acceptors (Lipinski definition) is 3. The molecule has 0 radical (unpaired) electrons. The maximum atomic E-state index is 12.5. The van der Waals surface area contributed by atoms with E-state index in [9.17, 15) is 4.79 Å². The van der Waals surface area contributed by atoms with Gasteiger partial charge in [-0.3, -0.25) is 4.79 Å². The van der Waals surface area contributed by atoms with E-state index in [1.165, 1.54) is 11.1 Å². The summed E-state index contributed by atoms with van der Waals surface area (Å²) in [6, 6.07) is 26.2. The van der Waals surface area contributed by atoms with Crippen molar-refractivity contribution < 1.29 is 9.21 Å². The van der Waals surface area contributed by atoms with Gasteiger partial charge in [0.1, 0.15) is 5.52 Å². The first-order chi connectivity index (χ1) is 13.7. The van der Waals surface area contributed by atoms with Crippen LogP contribution >= 0.6 is 0 Å². The molecule has 4 rings (SSSR count). The molecule has 2 aromatic heterocycles. The molecule has 0 unspecified atom stereocenters. The van der Waals surface area contributed by atoms with Crippen LogP contribution in [0.1, 0.15) is 39.7 Å². The molecule has 0 spiro atoms. The zero-order chi connectivity index (χ0) is 19.3. The third-order valence-electron chi connectivity index (χ3n) is 4.86. The van der Waals surface area contributed by atoms with Gasteiger partial charge < -0.3 is 9.73 Å². The molecule has 4 aromatic rings. The van der Waals surface area contributed by atoms with Crippen LogP contribution in [0, 0.1) is 6.92 Å². The Balaban J connectivity index is 1.46. The summed E-state index contributed by atoms with van der Waals surface area (Å²) in [5, 5.41) is 2.98. The molecule has 2 heterocycles. The number of nitrogens with zero attached hydrogens (tertiary/aromatic N) is 1. The number of rotatable bonds is 6. The van der Waals surface area contributed by atoms with Crippen LogP contribution in [0.5, 0.6) is 0 Å². The summed E-state index contributed by atoms with van der Waals surface area (Å²) < 4.78 is 5.64. The van der Waals surface area contributed by atoms with Crippen molar-refractivity contribution >= 4 is 17.0 Å². The number of nitrogens with one attached hydrogen (secondary N) is 1. The highest BCUT2D eigenvalue weighted by Gasteiger charge is 2.16. The highest BCUT2D eigenvalue weighted by molar-refractivity contribution is 5.95. The fourth-order valence-electron chi connectivity index (χ4n) is 3.45. The number of hydrogen-bond donors (Lipinski definition) is 1. The average Bonchev–Trinajstić information content (AvgIpc) is 3.16. The van der Waals surface area contributed by atoms with Gasteiger partial charge in [-0.05, 0) is 36.6 Å². The lowest BCUT2D eigenvalue weighted by molar-refractivity contribution is 0.0927. The quantitative estimate of drug-likeness (QED) is 0.514. The van der Waals surface area contributed by atoms with Crippen LogP contribution < -0.4 is 5.32 Å². The Bertz CT molecular complexity index is 1030. The number of carbonyl (C=O) groups is 1. The molecule has 1 amide bonds. The average molecular weight is 370 g/mol. The number of benzene rings is 2. The smallest absolute Gasteiger partial charge is 0.287 e. The molecule has 0 bridgehead atoms. The zero-order valence-corrected chi connectivity index (χ0v) is 15.8. The number of aromatic nitrogens is 1. The molecule has 0 aliphatic carbocycles. The van der Waals surface area contributed by atoms with Gasteiger partial charge >= 0.3 is 0 Å². The van der Waals surface area contributed by atoms with Crippen LogP contribution in [0.15, 0.2) is 83.3 Å². The number of amides is 1. The van der Waals surface area contributed by atoms with E-state index in [-0.39, 0.29) is 11.8 Å². The second-order valence-corrected chi connectivity index (χ2v) is 6.87. The van der Waals surface area contributed by atoms with Gasteiger partial charge in [-0.25, -0.2) is 4.98 Å². The molecule has 0 aliphatic heterocycles. The van der Waals surface area contributed by atoms with Crippen molar-refractivity contribution in [3.63, 3.8) is 0 Å². The molecule has 140 valence electrons. The molecular weight excluding hydrogens is 348 g/mol. The molecular formula is C24H22N2O2. The summed E-state index contributed by atoms with van der Waals surface area (Å²) in [6.07, 6.45) is 0.803. The van der Waals surface area contributed by atoms with E-state index >= 15 is 0 Å². The Morgan fingerprint density at radius 1 is 0.964 bits per heavy atom. The summed E-state index contributed by atoms with van der Waals surface area (Å²) in [5.41, 5.74) is 4.71. The lowest BCUT2D eigenvalue weighted by Crippen LogP contribution is -2.25. The first-order valence-corrected chi connectivity index (χ1v) is 9.46. The second-order valence-electron chi connectivity index (χ2n) is 6.87. The lowest BCUT2D eigenvalue weighted by atomic mass is 9.88. The Kier molecular flexibility index (Phi) is 5.20. The summed E-state index contributed by atoms with van der Waals surface area (Å²) >= 11 is 0. The maximum Gasteiger partial charge on any atom is 0.287 e. The molecule has 0 aliphatic rings. The fourth-order valence-corrected chi connectivity index (χ4v) is 3.45. The van der Waals surface area contributed by atoms with Crippen molar-refractivity contribution in [2.24, 2.45) is 0 Å². The third kappa shape index (κ3) is 3.96. The summed E-state index contributed by atoms with van der Waals surface area (Å²) in [7, 11) is 0. The van der Waals surface area contributed by atoms with E-state index < -0.39 is 0 Å². The highest BCUT2D eigenvalue weighted by Crippen LogP contribution is 2.27. The maximum absolute atomic E-state index is 12.5. The molecule has 2 aromatic carbocycles. The highest BCUT2D eigenvalue weighted by atomic mass is 16.3. The minimum Gasteiger partial charge on any atom is -0.449 e. The van der Waals surface area contributed by atoms with Gasteiger partial charge in [0.15, 0.2) is 11.3 Å². The van der Waals surface area contributed by atoms with Crippen molar-refractivity contribution in [1.82, 2.24) is 10.3 Å². The summed E-state index contributed by atoms with van der Waals surface area (Å²) in [4.78, 5) is 16.9. The molecule has 0 saturated heterocycles. The van der Waals surface area contributed by atoms with E-state index in [1.54, 1.807) is 6.07 Å². The third-order valence-corrected chi connectivity index (χ3v) is 4.86. The van der Waals surface area contributed by atoms with Crippen molar-refractivity contribution in [1.29, 1.82) is 0 Å². The summed E-state index contributed by atoms with van der Waals surface area (Å²) in [5.74, 6) is 0.308. The van der Waals surface area contributed by atoms with Gasteiger partial charge in [0.25, 0.3) is 5.91 Å². The van der Waals surface area contributed by atoms with Gasteiger partial charge in [0.2, 0.25) is 0 Å². The van der Waals surface area contributed by atoms with Gasteiger partial charge in [-0.2, -0.15) is 0 Å². The van der Waals surface area contributed by atoms with Crippen molar-refractivity contribution in [3.05, 3.63) is 101 Å². The van der Waals surface area contributed by atoms with Gasteiger partial charge in [-0.1, -0.05) is 60.7 Å². The topological polar surface area (TPSA) is 55.1 Å².